The maximum atomic E-state index is 13.9. The van der Waals surface area contributed by atoms with Crippen LogP contribution in [0.4, 0.5) is 28.9 Å². The van der Waals surface area contributed by atoms with Gasteiger partial charge in [-0.3, -0.25) is 10.1 Å². The summed E-state index contributed by atoms with van der Waals surface area (Å²) in [6.07, 6.45) is -3.20. The van der Waals surface area contributed by atoms with E-state index in [0.717, 1.165) is 6.07 Å². The van der Waals surface area contributed by atoms with E-state index in [4.69, 9.17) is 27.9 Å². The Kier molecular flexibility index (Phi) is 7.22. The van der Waals surface area contributed by atoms with Crippen LogP contribution >= 0.6 is 33.9 Å². The van der Waals surface area contributed by atoms with Gasteiger partial charge in [-0.1, -0.05) is 33.9 Å². The van der Waals surface area contributed by atoms with Crippen LogP contribution in [0.5, 0.6) is 5.75 Å². The van der Waals surface area contributed by atoms with Crippen molar-refractivity contribution in [3.05, 3.63) is 81.3 Å². The van der Waals surface area contributed by atoms with E-state index in [9.17, 15) is 17.6 Å². The minimum Gasteiger partial charge on any atom is -0.491 e. The van der Waals surface area contributed by atoms with Gasteiger partial charge in [0, 0.05) is 17.2 Å². The summed E-state index contributed by atoms with van der Waals surface area (Å²) in [4.78, 5) is 4.71. The van der Waals surface area contributed by atoms with Gasteiger partial charge in [-0.25, -0.2) is 9.37 Å². The van der Waals surface area contributed by atoms with E-state index >= 15 is 0 Å². The van der Waals surface area contributed by atoms with Crippen molar-refractivity contribution < 1.29 is 27.3 Å². The van der Waals surface area contributed by atoms with Gasteiger partial charge in [0.1, 0.15) is 5.82 Å². The third-order valence-electron chi connectivity index (χ3n) is 4.92. The predicted octanol–water partition coefficient (Wildman–Crippen LogP) is 6.21. The molecular weight excluding hydrogens is 529 g/mol. The summed E-state index contributed by atoms with van der Waals surface area (Å²) in [7, 11) is 0.459. The lowest BCUT2D eigenvalue weighted by Gasteiger charge is -2.38. The Labute approximate surface area is 210 Å². The highest BCUT2D eigenvalue weighted by Crippen LogP contribution is 2.39. The molecule has 1 aliphatic heterocycles. The van der Waals surface area contributed by atoms with Crippen molar-refractivity contribution in [3.8, 4) is 5.75 Å². The molecule has 1 aromatic heterocycles. The predicted molar refractivity (Wildman–Crippen MR) is 130 cm³/mol. The fourth-order valence-corrected chi connectivity index (χ4v) is 5.04. The Morgan fingerprint density at radius 3 is 2.54 bits per heavy atom. The number of methoxy groups -OCH3 is 1. The number of halogens is 6. The minimum atomic E-state index is -4.60. The molecule has 4 rings (SSSR count). The number of rotatable bonds is 6. The molecule has 1 aliphatic rings. The zero-order chi connectivity index (χ0) is 25.3. The van der Waals surface area contributed by atoms with E-state index in [2.05, 4.69) is 20.3 Å². The van der Waals surface area contributed by atoms with Gasteiger partial charge in [0.15, 0.2) is 17.1 Å². The topological polar surface area (TPSA) is 65.0 Å². The van der Waals surface area contributed by atoms with Crippen molar-refractivity contribution in [2.75, 3.05) is 11.8 Å². The molecule has 0 spiro atoms. The van der Waals surface area contributed by atoms with E-state index in [1.165, 1.54) is 43.6 Å². The Bertz CT molecular complexity index is 1350. The van der Waals surface area contributed by atoms with Crippen LogP contribution in [0, 0.1) is 5.82 Å². The molecule has 0 fully saturated rings. The van der Waals surface area contributed by atoms with Gasteiger partial charge in [-0.05, 0) is 48.7 Å². The molecule has 6 nitrogen and oxygen atoms in total. The van der Waals surface area contributed by atoms with Gasteiger partial charge in [0.05, 0.1) is 28.4 Å². The molecule has 13 heteroatoms. The molecule has 0 saturated carbocycles. The third-order valence-corrected chi connectivity index (χ3v) is 7.13. The fourth-order valence-electron chi connectivity index (χ4n) is 3.29. The molecule has 2 heterocycles. The first-order valence-corrected chi connectivity index (χ1v) is 12.0. The van der Waals surface area contributed by atoms with Crippen LogP contribution in [-0.4, -0.2) is 23.3 Å². The van der Waals surface area contributed by atoms with E-state index < -0.39 is 28.2 Å². The number of pyridine rings is 1. The van der Waals surface area contributed by atoms with Crippen molar-refractivity contribution in [2.45, 2.75) is 18.0 Å². The molecule has 2 atom stereocenters. The molecule has 2 aromatic carbocycles. The molecular formula is C22H17Cl2F4N5OS. The van der Waals surface area contributed by atoms with E-state index in [0.29, 0.717) is 43.6 Å². The molecule has 2 N–H and O–H groups in total. The van der Waals surface area contributed by atoms with E-state index in [1.807, 2.05) is 0 Å². The third kappa shape index (κ3) is 5.22. The van der Waals surface area contributed by atoms with Gasteiger partial charge in [0.2, 0.25) is 5.84 Å². The highest BCUT2D eigenvalue weighted by atomic mass is 35.5. The normalized spacial score (nSPS) is 16.2. The van der Waals surface area contributed by atoms with Gasteiger partial charge in [-0.2, -0.15) is 13.2 Å². The molecule has 2 unspecified atom stereocenters. The lowest BCUT2D eigenvalue weighted by molar-refractivity contribution is -0.705. The first kappa shape index (κ1) is 25.2. The summed E-state index contributed by atoms with van der Waals surface area (Å²) in [5.74, 6) is 0.255. The number of anilines is 1. The number of hydrogen-bond donors (Lipinski definition) is 2. The average molecular weight is 546 g/mol. The maximum Gasteiger partial charge on any atom is 0.417 e. The Morgan fingerprint density at radius 1 is 1.14 bits per heavy atom. The van der Waals surface area contributed by atoms with Crippen molar-refractivity contribution in [1.82, 2.24) is 4.98 Å². The summed E-state index contributed by atoms with van der Waals surface area (Å²) < 4.78 is 62.6. The summed E-state index contributed by atoms with van der Waals surface area (Å²) in [5, 5.41) is 6.03. The van der Waals surface area contributed by atoms with Crippen LogP contribution in [0.2, 0.25) is 10.0 Å². The van der Waals surface area contributed by atoms with Crippen molar-refractivity contribution in [1.29, 1.82) is 0 Å². The molecule has 0 aliphatic carbocycles. The first-order valence-electron chi connectivity index (χ1n) is 9.94. The van der Waals surface area contributed by atoms with Crippen LogP contribution in [0.1, 0.15) is 18.2 Å². The number of amidine groups is 1. The fraction of sp³-hybridized carbons (Fsp3) is 0.136. The number of aromatic nitrogens is 1. The summed E-state index contributed by atoms with van der Waals surface area (Å²) >= 11 is 11.9. The number of alkyl halides is 3. The standard InChI is InChI=1S/C22H17Cl2F4N5OS/c1-3-35(14-5-6-16(24)15(10-14)22(26,27)28)31-17-8-12(23)11-29-20(17)21-30-32-33(21)18-9-13(25)4-7-19(18)34-2/h3-11,31,33H,1-2H3. The van der Waals surface area contributed by atoms with Crippen LogP contribution in [0.3, 0.4) is 0 Å². The number of nitrogens with one attached hydrogen (secondary N) is 2. The van der Waals surface area contributed by atoms with Gasteiger partial charge in [0.25, 0.3) is 0 Å². The zero-order valence-corrected chi connectivity index (χ0v) is 20.5. The lowest BCUT2D eigenvalue weighted by atomic mass is 10.2. The molecule has 0 amide bonds. The second-order valence-corrected chi connectivity index (χ2v) is 9.77. The van der Waals surface area contributed by atoms with Gasteiger partial charge < -0.3 is 15.0 Å². The molecule has 35 heavy (non-hydrogen) atoms. The second-order valence-electron chi connectivity index (χ2n) is 7.11. The number of quaternary nitrogens is 1. The summed E-state index contributed by atoms with van der Waals surface area (Å²) in [5.41, 5.74) is 4.23. The smallest absolute Gasteiger partial charge is 0.417 e. The molecule has 3 aromatic rings. The minimum absolute atomic E-state index is 0.296. The van der Waals surface area contributed by atoms with Gasteiger partial charge >= 0.3 is 6.18 Å². The summed E-state index contributed by atoms with van der Waals surface area (Å²) in [6.45, 7) is 1.71. The van der Waals surface area contributed by atoms with Crippen LogP contribution in [0.15, 0.2) is 58.7 Å². The summed E-state index contributed by atoms with van der Waals surface area (Å²) in [6, 6.07) is 9.30. The van der Waals surface area contributed by atoms with Crippen LogP contribution < -0.4 is 14.5 Å². The highest BCUT2D eigenvalue weighted by molar-refractivity contribution is 8.16. The maximum absolute atomic E-state index is 13.9. The monoisotopic (exact) mass is 545 g/mol. The van der Waals surface area contributed by atoms with Crippen molar-refractivity contribution in [3.63, 3.8) is 0 Å². The molecule has 184 valence electrons. The van der Waals surface area contributed by atoms with Crippen LogP contribution in [0.25, 0.3) is 5.53 Å². The quantitative estimate of drug-likeness (QED) is 0.286. The molecule has 0 bridgehead atoms. The molecule has 0 saturated heterocycles. The van der Waals surface area contributed by atoms with Crippen molar-refractivity contribution >= 4 is 56.4 Å². The largest absolute Gasteiger partial charge is 0.491 e. The first-order chi connectivity index (χ1) is 16.6. The van der Waals surface area contributed by atoms with Gasteiger partial charge in [-0.15, -0.1) is 0 Å². The highest BCUT2D eigenvalue weighted by Gasteiger charge is 2.34. The Morgan fingerprint density at radius 2 is 1.91 bits per heavy atom. The zero-order valence-electron chi connectivity index (χ0n) is 18.1. The van der Waals surface area contributed by atoms with Crippen LogP contribution in [-0.2, 0) is 6.18 Å². The van der Waals surface area contributed by atoms with Crippen molar-refractivity contribution in [2.24, 2.45) is 5.10 Å². The Hall–Kier alpha value is -2.86. The number of benzene rings is 2. The number of nitrogens with zero attached hydrogens (tertiary/aromatic N) is 3. The average Bonchev–Trinajstić information content (AvgIpc) is 2.78. The number of hydrogen-bond acceptors (Lipinski definition) is 4. The SMILES string of the molecule is C/C=S(/Nc1cc(Cl)cnc1C1=N[N-][NH+]1c1cc(F)ccc1OC)c1ccc(Cl)c(C(F)(F)F)c1. The van der Waals surface area contributed by atoms with E-state index in [1.54, 1.807) is 18.4 Å². The second kappa shape index (κ2) is 10.0. The Balaban J connectivity index is 1.71. The molecule has 0 radical (unpaired) electrons. The van der Waals surface area contributed by atoms with E-state index in [-0.39, 0.29) is 5.02 Å². The number of ether oxygens (including phenoxy) is 1. The lowest BCUT2D eigenvalue weighted by Crippen LogP contribution is -3.10.